The van der Waals surface area contributed by atoms with E-state index in [9.17, 15) is 8.42 Å². The number of anilines is 1. The van der Waals surface area contributed by atoms with E-state index in [1.54, 1.807) is 0 Å². The molecule has 2 fully saturated rings. The molecule has 0 spiro atoms. The average Bonchev–Trinajstić information content (AvgIpc) is 3.00. The van der Waals surface area contributed by atoms with Crippen LogP contribution >= 0.6 is 0 Å². The van der Waals surface area contributed by atoms with Crippen LogP contribution in [0.2, 0.25) is 0 Å². The van der Waals surface area contributed by atoms with Crippen molar-refractivity contribution in [1.29, 1.82) is 0 Å². The number of rotatable bonds is 3. The molecule has 2 aliphatic rings. The summed E-state index contributed by atoms with van der Waals surface area (Å²) in [7, 11) is -3.56. The van der Waals surface area contributed by atoms with Gasteiger partial charge in [0.2, 0.25) is 9.84 Å². The Bertz CT molecular complexity index is 546. The van der Waals surface area contributed by atoms with Crippen LogP contribution in [0.25, 0.3) is 0 Å². The molecule has 0 aromatic carbocycles. The summed E-state index contributed by atoms with van der Waals surface area (Å²) in [4.78, 5) is 1.83. The molecule has 20 heavy (non-hydrogen) atoms. The summed E-state index contributed by atoms with van der Waals surface area (Å²) in [5, 5.41) is 6.78. The molecule has 0 saturated carbocycles. The van der Waals surface area contributed by atoms with Crippen molar-refractivity contribution < 1.29 is 22.3 Å². The van der Waals surface area contributed by atoms with Crippen molar-refractivity contribution in [1.82, 2.24) is 10.2 Å². The third-order valence-corrected chi connectivity index (χ3v) is 5.53. The average molecular weight is 303 g/mol. The summed E-state index contributed by atoms with van der Waals surface area (Å²) >= 11 is 0. The molecule has 2 aliphatic heterocycles. The zero-order valence-corrected chi connectivity index (χ0v) is 11.8. The van der Waals surface area contributed by atoms with Gasteiger partial charge in [0.15, 0.2) is 0 Å². The Labute approximate surface area is 117 Å². The van der Waals surface area contributed by atoms with E-state index in [1.807, 2.05) is 4.90 Å². The Morgan fingerprint density at radius 2 is 1.65 bits per heavy atom. The minimum Gasteiger partial charge on any atom is -0.394 e. The number of hydrogen-bond donors (Lipinski definition) is 0. The molecule has 1 aromatic heterocycles. The van der Waals surface area contributed by atoms with Crippen LogP contribution in [0, 0.1) is 0 Å². The van der Waals surface area contributed by atoms with Crippen molar-refractivity contribution in [3.05, 3.63) is 0 Å². The Balaban J connectivity index is 1.78. The number of morpholine rings is 1. The van der Waals surface area contributed by atoms with Gasteiger partial charge in [-0.25, -0.2) is 8.42 Å². The van der Waals surface area contributed by atoms with Crippen LogP contribution in [0.4, 0.5) is 6.01 Å². The van der Waals surface area contributed by atoms with Gasteiger partial charge in [-0.3, -0.25) is 0 Å². The molecule has 8 nitrogen and oxygen atoms in total. The zero-order chi connectivity index (χ0) is 14.0. The molecule has 3 rings (SSSR count). The van der Waals surface area contributed by atoms with Gasteiger partial charge in [0.05, 0.1) is 18.5 Å². The summed E-state index contributed by atoms with van der Waals surface area (Å²) in [5.74, 6) is 0. The van der Waals surface area contributed by atoms with Gasteiger partial charge in [0.25, 0.3) is 0 Å². The SMILES string of the molecule is O=S(=O)(c1nnc(N2CCOCC2)o1)C1CCOCC1. The second-order valence-corrected chi connectivity index (χ2v) is 6.91. The van der Waals surface area contributed by atoms with Crippen LogP contribution in [0.5, 0.6) is 0 Å². The molecule has 0 radical (unpaired) electrons. The van der Waals surface area contributed by atoms with Crippen molar-refractivity contribution in [3.8, 4) is 0 Å². The van der Waals surface area contributed by atoms with Gasteiger partial charge in [0, 0.05) is 26.3 Å². The Hall–Kier alpha value is -1.19. The number of hydrogen-bond acceptors (Lipinski definition) is 8. The van der Waals surface area contributed by atoms with Crippen LogP contribution in [-0.2, 0) is 19.3 Å². The fourth-order valence-electron chi connectivity index (χ4n) is 2.33. The van der Waals surface area contributed by atoms with Crippen LogP contribution < -0.4 is 4.90 Å². The third kappa shape index (κ3) is 2.65. The van der Waals surface area contributed by atoms with Gasteiger partial charge in [-0.2, -0.15) is 0 Å². The van der Waals surface area contributed by atoms with Crippen molar-refractivity contribution in [3.63, 3.8) is 0 Å². The monoisotopic (exact) mass is 303 g/mol. The quantitative estimate of drug-likeness (QED) is 0.761. The number of sulfone groups is 1. The summed E-state index contributed by atoms with van der Waals surface area (Å²) in [6, 6.07) is 0.249. The summed E-state index contributed by atoms with van der Waals surface area (Å²) in [6.45, 7) is 3.30. The molecule has 0 amide bonds. The van der Waals surface area contributed by atoms with E-state index >= 15 is 0 Å². The lowest BCUT2D eigenvalue weighted by Gasteiger charge is -2.24. The minimum atomic E-state index is -3.56. The lowest BCUT2D eigenvalue weighted by Crippen LogP contribution is -2.36. The Morgan fingerprint density at radius 3 is 2.35 bits per heavy atom. The molecule has 0 unspecified atom stereocenters. The van der Waals surface area contributed by atoms with Crippen molar-refractivity contribution in [2.24, 2.45) is 0 Å². The normalized spacial score (nSPS) is 22.1. The molecule has 0 N–H and O–H groups in total. The standard InChI is InChI=1S/C11H17N3O5S/c15-20(16,9-1-5-17-6-2-9)11-13-12-10(19-11)14-3-7-18-8-4-14/h9H,1-8H2. The van der Waals surface area contributed by atoms with Gasteiger partial charge in [-0.1, -0.05) is 10.2 Å². The van der Waals surface area contributed by atoms with Gasteiger partial charge in [-0.05, 0) is 12.8 Å². The summed E-state index contributed by atoms with van der Waals surface area (Å²) in [6.07, 6.45) is 0.940. The van der Waals surface area contributed by atoms with Crippen molar-refractivity contribution >= 4 is 15.9 Å². The van der Waals surface area contributed by atoms with Crippen LogP contribution in [-0.4, -0.2) is 63.4 Å². The molecule has 0 bridgehead atoms. The van der Waals surface area contributed by atoms with E-state index in [1.165, 1.54) is 0 Å². The fourth-order valence-corrected chi connectivity index (χ4v) is 3.77. The zero-order valence-electron chi connectivity index (χ0n) is 11.0. The van der Waals surface area contributed by atoms with E-state index in [4.69, 9.17) is 13.9 Å². The lowest BCUT2D eigenvalue weighted by atomic mass is 10.2. The predicted octanol–water partition coefficient (Wildman–Crippen LogP) is -0.141. The second kappa shape index (κ2) is 5.66. The lowest BCUT2D eigenvalue weighted by molar-refractivity contribution is 0.0980. The summed E-state index contributed by atoms with van der Waals surface area (Å²) < 4.78 is 40.5. The van der Waals surface area contributed by atoms with Gasteiger partial charge in [0.1, 0.15) is 0 Å². The largest absolute Gasteiger partial charge is 0.394 e. The number of nitrogens with zero attached hydrogens (tertiary/aromatic N) is 3. The van der Waals surface area contributed by atoms with Crippen LogP contribution in [0.3, 0.4) is 0 Å². The number of aromatic nitrogens is 2. The highest BCUT2D eigenvalue weighted by Crippen LogP contribution is 2.25. The van der Waals surface area contributed by atoms with E-state index in [-0.39, 0.29) is 11.2 Å². The first-order valence-corrected chi connectivity index (χ1v) is 8.20. The molecule has 0 atom stereocenters. The topological polar surface area (TPSA) is 94.8 Å². The molecule has 2 saturated heterocycles. The summed E-state index contributed by atoms with van der Waals surface area (Å²) in [5.41, 5.74) is 0. The van der Waals surface area contributed by atoms with E-state index in [0.29, 0.717) is 52.4 Å². The highest BCUT2D eigenvalue weighted by molar-refractivity contribution is 7.91. The van der Waals surface area contributed by atoms with E-state index in [2.05, 4.69) is 10.2 Å². The minimum absolute atomic E-state index is 0.249. The smallest absolute Gasteiger partial charge is 0.337 e. The van der Waals surface area contributed by atoms with Gasteiger partial charge < -0.3 is 18.8 Å². The molecular formula is C11H17N3O5S. The van der Waals surface area contributed by atoms with Crippen LogP contribution in [0.1, 0.15) is 12.8 Å². The molecule has 112 valence electrons. The first-order chi connectivity index (χ1) is 9.68. The first-order valence-electron chi connectivity index (χ1n) is 6.66. The fraction of sp³-hybridized carbons (Fsp3) is 0.818. The maximum absolute atomic E-state index is 12.4. The Kier molecular flexibility index (Phi) is 3.90. The molecule has 9 heteroatoms. The van der Waals surface area contributed by atoms with Crippen molar-refractivity contribution in [2.75, 3.05) is 44.4 Å². The van der Waals surface area contributed by atoms with Crippen molar-refractivity contribution in [2.45, 2.75) is 23.3 Å². The first kappa shape index (κ1) is 13.8. The third-order valence-electron chi connectivity index (χ3n) is 3.53. The molecular weight excluding hydrogens is 286 g/mol. The number of ether oxygens (including phenoxy) is 2. The molecule has 3 heterocycles. The predicted molar refractivity (Wildman–Crippen MR) is 68.4 cm³/mol. The molecule has 0 aliphatic carbocycles. The van der Waals surface area contributed by atoms with E-state index in [0.717, 1.165) is 0 Å². The van der Waals surface area contributed by atoms with Gasteiger partial charge in [-0.15, -0.1) is 0 Å². The maximum Gasteiger partial charge on any atom is 0.337 e. The second-order valence-electron chi connectivity index (χ2n) is 4.81. The van der Waals surface area contributed by atoms with E-state index < -0.39 is 15.1 Å². The maximum atomic E-state index is 12.4. The highest BCUT2D eigenvalue weighted by atomic mass is 32.2. The van der Waals surface area contributed by atoms with Gasteiger partial charge >= 0.3 is 11.2 Å². The highest BCUT2D eigenvalue weighted by Gasteiger charge is 2.34. The van der Waals surface area contributed by atoms with Crippen LogP contribution in [0.15, 0.2) is 9.64 Å². The molecule has 1 aromatic rings. The Morgan fingerprint density at radius 1 is 1.00 bits per heavy atom.